The minimum Gasteiger partial charge on any atom is -0.506 e. The molecule has 0 aliphatic carbocycles. The maximum atomic E-state index is 12.0. The van der Waals surface area contributed by atoms with Gasteiger partial charge in [-0.2, -0.15) is 0 Å². The number of benzene rings is 1. The van der Waals surface area contributed by atoms with Gasteiger partial charge in [0, 0.05) is 6.07 Å². The Labute approximate surface area is 139 Å². The highest BCUT2D eigenvalue weighted by Gasteiger charge is 2.13. The minimum atomic E-state index is -0.989. The van der Waals surface area contributed by atoms with Gasteiger partial charge in [0.1, 0.15) is 35.4 Å². The van der Waals surface area contributed by atoms with Gasteiger partial charge in [0.2, 0.25) is 0 Å². The molecule has 0 fully saturated rings. The van der Waals surface area contributed by atoms with E-state index < -0.39 is 18.3 Å². The molecule has 1 heterocycles. The minimum absolute atomic E-state index is 0.0868. The quantitative estimate of drug-likeness (QED) is 0.506. The lowest BCUT2D eigenvalue weighted by molar-refractivity contribution is 0.0536. The van der Waals surface area contributed by atoms with Crippen molar-refractivity contribution in [1.29, 1.82) is 0 Å². The maximum absolute atomic E-state index is 12.0. The van der Waals surface area contributed by atoms with Gasteiger partial charge < -0.3 is 24.5 Å². The molecule has 0 saturated heterocycles. The summed E-state index contributed by atoms with van der Waals surface area (Å²) in [5.41, 5.74) is -0.303. The van der Waals surface area contributed by atoms with Crippen molar-refractivity contribution in [1.82, 2.24) is 0 Å². The second kappa shape index (κ2) is 8.52. The summed E-state index contributed by atoms with van der Waals surface area (Å²) in [7, 11) is 0. The molecule has 130 valence electrons. The molecule has 0 aliphatic rings. The van der Waals surface area contributed by atoms with Crippen molar-refractivity contribution in [2.45, 2.75) is 32.3 Å². The fourth-order valence-electron chi connectivity index (χ4n) is 2.18. The fourth-order valence-corrected chi connectivity index (χ4v) is 2.18. The van der Waals surface area contributed by atoms with Crippen LogP contribution in [0.15, 0.2) is 33.5 Å². The molecule has 1 atom stereocenters. The van der Waals surface area contributed by atoms with Crippen LogP contribution in [0.5, 0.6) is 11.5 Å². The molecule has 6 nitrogen and oxygen atoms in total. The molecule has 6 heteroatoms. The number of aromatic hydroxyl groups is 1. The van der Waals surface area contributed by atoms with E-state index in [1.54, 1.807) is 18.2 Å². The van der Waals surface area contributed by atoms with Gasteiger partial charge in [-0.1, -0.05) is 25.8 Å². The monoisotopic (exact) mass is 334 g/mol. The smallest absolute Gasteiger partial charge is 0.347 e. The van der Waals surface area contributed by atoms with Gasteiger partial charge in [0.15, 0.2) is 0 Å². The van der Waals surface area contributed by atoms with Crippen molar-refractivity contribution in [2.24, 2.45) is 0 Å². The highest BCUT2D eigenvalue weighted by Crippen LogP contribution is 2.30. The van der Waals surface area contributed by atoms with E-state index in [1.807, 2.05) is 6.08 Å². The van der Waals surface area contributed by atoms with Gasteiger partial charge in [-0.15, -0.1) is 0 Å². The first-order chi connectivity index (χ1) is 11.6. The van der Waals surface area contributed by atoms with Gasteiger partial charge in [-0.3, -0.25) is 0 Å². The molecule has 0 bridgehead atoms. The molecule has 3 N–H and O–H groups in total. The van der Waals surface area contributed by atoms with E-state index in [0.717, 1.165) is 19.3 Å². The van der Waals surface area contributed by atoms with E-state index in [2.05, 4.69) is 6.92 Å². The number of allylic oxidation sites excluding steroid dienone is 1. The molecule has 1 unspecified atom stereocenters. The zero-order valence-corrected chi connectivity index (χ0v) is 13.6. The Morgan fingerprint density at radius 2 is 2.17 bits per heavy atom. The van der Waals surface area contributed by atoms with Crippen LogP contribution in [0, 0.1) is 0 Å². The molecule has 24 heavy (non-hydrogen) atoms. The largest absolute Gasteiger partial charge is 0.506 e. The zero-order chi connectivity index (χ0) is 17.5. The summed E-state index contributed by atoms with van der Waals surface area (Å²) >= 11 is 0. The molecule has 2 aromatic rings. The normalized spacial score (nSPS) is 12.8. The molecule has 0 amide bonds. The van der Waals surface area contributed by atoms with Crippen LogP contribution in [0.2, 0.25) is 0 Å². The molecule has 0 saturated carbocycles. The van der Waals surface area contributed by atoms with Crippen LogP contribution in [0.1, 0.15) is 31.7 Å². The lowest BCUT2D eigenvalue weighted by atomic mass is 10.1. The highest BCUT2D eigenvalue weighted by atomic mass is 16.5. The van der Waals surface area contributed by atoms with Crippen LogP contribution in [0.3, 0.4) is 0 Å². The van der Waals surface area contributed by atoms with Gasteiger partial charge >= 0.3 is 5.63 Å². The summed E-state index contributed by atoms with van der Waals surface area (Å²) < 4.78 is 10.5. The Balaban J connectivity index is 2.29. The Hall–Kier alpha value is -2.31. The summed E-state index contributed by atoms with van der Waals surface area (Å²) in [6, 6.07) is 4.64. The van der Waals surface area contributed by atoms with E-state index in [0.29, 0.717) is 11.1 Å². The lowest BCUT2D eigenvalue weighted by Gasteiger charge is -2.10. The third kappa shape index (κ3) is 4.37. The zero-order valence-electron chi connectivity index (χ0n) is 13.6. The Bertz CT molecular complexity index is 762. The number of aliphatic hydroxyl groups is 2. The Kier molecular flexibility index (Phi) is 6.40. The third-order valence-corrected chi connectivity index (χ3v) is 3.55. The van der Waals surface area contributed by atoms with E-state index >= 15 is 0 Å². The standard InChI is InChI=1S/C18H22O6/c1-2-3-4-5-6-15-17(21)14-8-7-13(23-11-12(20)10-19)9-16(14)24-18(15)22/h5-9,12,19-21H,2-4,10-11H2,1H3. The first kappa shape index (κ1) is 18.0. The number of ether oxygens (including phenoxy) is 1. The molecule has 1 aromatic heterocycles. The van der Waals surface area contributed by atoms with Crippen LogP contribution >= 0.6 is 0 Å². The summed E-state index contributed by atoms with van der Waals surface area (Å²) in [5.74, 6) is 0.236. The van der Waals surface area contributed by atoms with Crippen molar-refractivity contribution in [3.8, 4) is 11.5 Å². The number of unbranched alkanes of at least 4 members (excludes halogenated alkanes) is 2. The second-order valence-electron chi connectivity index (χ2n) is 5.50. The molecular formula is C18H22O6. The van der Waals surface area contributed by atoms with Crippen LogP contribution in [-0.4, -0.2) is 34.6 Å². The summed E-state index contributed by atoms with van der Waals surface area (Å²) in [6.45, 7) is 1.59. The molecular weight excluding hydrogens is 312 g/mol. The SMILES string of the molecule is CCCCC=Cc1c(O)c2ccc(OCC(O)CO)cc2oc1=O. The van der Waals surface area contributed by atoms with Gasteiger partial charge in [-0.05, 0) is 24.6 Å². The average Bonchev–Trinajstić information content (AvgIpc) is 2.58. The third-order valence-electron chi connectivity index (χ3n) is 3.55. The van der Waals surface area contributed by atoms with Crippen LogP contribution in [-0.2, 0) is 0 Å². The van der Waals surface area contributed by atoms with Crippen molar-refractivity contribution < 1.29 is 24.5 Å². The van der Waals surface area contributed by atoms with Crippen LogP contribution in [0.25, 0.3) is 17.0 Å². The van der Waals surface area contributed by atoms with Crippen molar-refractivity contribution in [3.05, 3.63) is 40.3 Å². The first-order valence-electron chi connectivity index (χ1n) is 7.95. The van der Waals surface area contributed by atoms with Gasteiger partial charge in [-0.25, -0.2) is 4.79 Å². The predicted molar refractivity (Wildman–Crippen MR) is 91.3 cm³/mol. The molecule has 0 aliphatic heterocycles. The molecule has 0 spiro atoms. The molecule has 0 radical (unpaired) electrons. The number of aliphatic hydroxyl groups excluding tert-OH is 2. The molecule has 2 rings (SSSR count). The van der Waals surface area contributed by atoms with E-state index in [4.69, 9.17) is 14.3 Å². The number of rotatable bonds is 8. The first-order valence-corrected chi connectivity index (χ1v) is 7.95. The molecule has 1 aromatic carbocycles. The lowest BCUT2D eigenvalue weighted by Crippen LogP contribution is -2.21. The van der Waals surface area contributed by atoms with Gasteiger partial charge in [0.25, 0.3) is 0 Å². The van der Waals surface area contributed by atoms with Crippen LogP contribution < -0.4 is 10.4 Å². The Morgan fingerprint density at radius 1 is 1.38 bits per heavy atom. The maximum Gasteiger partial charge on any atom is 0.347 e. The van der Waals surface area contributed by atoms with E-state index in [1.165, 1.54) is 6.07 Å². The van der Waals surface area contributed by atoms with E-state index in [-0.39, 0.29) is 23.5 Å². The number of fused-ring (bicyclic) bond motifs is 1. The highest BCUT2D eigenvalue weighted by molar-refractivity contribution is 5.87. The van der Waals surface area contributed by atoms with Crippen molar-refractivity contribution in [3.63, 3.8) is 0 Å². The van der Waals surface area contributed by atoms with Crippen molar-refractivity contribution >= 4 is 17.0 Å². The Morgan fingerprint density at radius 3 is 2.88 bits per heavy atom. The van der Waals surface area contributed by atoms with Crippen molar-refractivity contribution in [2.75, 3.05) is 13.2 Å². The average molecular weight is 334 g/mol. The van der Waals surface area contributed by atoms with Crippen LogP contribution in [0.4, 0.5) is 0 Å². The second-order valence-corrected chi connectivity index (χ2v) is 5.50. The number of hydrogen-bond acceptors (Lipinski definition) is 6. The van der Waals surface area contributed by atoms with Gasteiger partial charge in [0.05, 0.1) is 12.0 Å². The topological polar surface area (TPSA) is 100 Å². The summed E-state index contributed by atoms with van der Waals surface area (Å²) in [4.78, 5) is 12.0. The summed E-state index contributed by atoms with van der Waals surface area (Å²) in [6.07, 6.45) is 5.32. The number of hydrogen-bond donors (Lipinski definition) is 3. The summed E-state index contributed by atoms with van der Waals surface area (Å²) in [5, 5.41) is 28.8. The fraction of sp³-hybridized carbons (Fsp3) is 0.389. The predicted octanol–water partition coefficient (Wildman–Crippen LogP) is 2.43. The van der Waals surface area contributed by atoms with E-state index in [9.17, 15) is 15.0 Å².